The van der Waals surface area contributed by atoms with E-state index in [1.807, 2.05) is 30.3 Å². The Balaban J connectivity index is 1.50. The van der Waals surface area contributed by atoms with E-state index < -0.39 is 61.0 Å². The number of pyridine rings is 2. The number of hydrogen-bond acceptors (Lipinski definition) is 11. The summed E-state index contributed by atoms with van der Waals surface area (Å²) in [5.74, 6) is -0.926. The van der Waals surface area contributed by atoms with E-state index in [1.54, 1.807) is 6.07 Å². The predicted octanol–water partition coefficient (Wildman–Crippen LogP) is -1.12. The highest BCUT2D eigenvalue weighted by Gasteiger charge is 2.54. The molecule has 12 heteroatoms. The minimum Gasteiger partial charge on any atom is -0.458 e. The molecule has 3 aliphatic rings. The van der Waals surface area contributed by atoms with Crippen molar-refractivity contribution >= 4 is 16.9 Å². The molecular weight excluding hydrogens is 500 g/mol. The fourth-order valence-electron chi connectivity index (χ4n) is 5.51. The van der Waals surface area contributed by atoms with Gasteiger partial charge in [-0.3, -0.25) is 4.79 Å². The number of hydrogen-bond donors (Lipinski definition) is 5. The third kappa shape index (κ3) is 3.61. The van der Waals surface area contributed by atoms with Gasteiger partial charge in [-0.05, 0) is 18.2 Å². The first kappa shape index (κ1) is 25.1. The number of para-hydroxylation sites is 1. The van der Waals surface area contributed by atoms with Gasteiger partial charge in [0.05, 0.1) is 35.6 Å². The van der Waals surface area contributed by atoms with Crippen molar-refractivity contribution in [3.63, 3.8) is 0 Å². The molecule has 0 spiro atoms. The lowest BCUT2D eigenvalue weighted by atomic mass is 9.84. The van der Waals surface area contributed by atoms with Crippen molar-refractivity contribution in [2.75, 3.05) is 13.2 Å². The molecule has 5 N–H and O–H groups in total. The van der Waals surface area contributed by atoms with Gasteiger partial charge < -0.3 is 44.3 Å². The number of rotatable bonds is 5. The molecule has 5 heterocycles. The van der Waals surface area contributed by atoms with E-state index in [2.05, 4.69) is 0 Å². The van der Waals surface area contributed by atoms with Crippen LogP contribution in [0.3, 0.4) is 0 Å². The molecule has 0 bridgehead atoms. The highest BCUT2D eigenvalue weighted by atomic mass is 16.7. The molecule has 6 rings (SSSR count). The van der Waals surface area contributed by atoms with Gasteiger partial charge in [0.2, 0.25) is 0 Å². The fourth-order valence-corrected chi connectivity index (χ4v) is 5.51. The number of carbonyl (C=O) groups is 1. The lowest BCUT2D eigenvalue weighted by Crippen LogP contribution is -2.61. The Morgan fingerprint density at radius 2 is 1.87 bits per heavy atom. The third-order valence-electron chi connectivity index (χ3n) is 7.52. The maximum Gasteiger partial charge on any atom is 0.343 e. The Bertz CT molecular complexity index is 1490. The first-order valence-corrected chi connectivity index (χ1v) is 12.2. The summed E-state index contributed by atoms with van der Waals surface area (Å²) in [6, 6.07) is 11.1. The Hall–Kier alpha value is -3.23. The number of benzene rings is 1. The maximum absolute atomic E-state index is 13.7. The second-order valence-electron chi connectivity index (χ2n) is 9.69. The van der Waals surface area contributed by atoms with Gasteiger partial charge in [0, 0.05) is 29.5 Å². The zero-order valence-corrected chi connectivity index (χ0v) is 20.1. The first-order valence-electron chi connectivity index (χ1n) is 12.2. The summed E-state index contributed by atoms with van der Waals surface area (Å²) in [7, 11) is 0. The van der Waals surface area contributed by atoms with Crippen molar-refractivity contribution in [1.82, 2.24) is 9.55 Å². The van der Waals surface area contributed by atoms with Crippen molar-refractivity contribution < 1.29 is 44.5 Å². The van der Waals surface area contributed by atoms with Crippen LogP contribution in [0.1, 0.15) is 23.1 Å². The Labute approximate surface area is 215 Å². The van der Waals surface area contributed by atoms with Crippen molar-refractivity contribution in [3.05, 3.63) is 63.4 Å². The molecule has 1 aromatic carbocycles. The molecule has 1 fully saturated rings. The lowest BCUT2D eigenvalue weighted by Gasteiger charge is -2.44. The summed E-state index contributed by atoms with van der Waals surface area (Å²) in [4.78, 5) is 31.7. The Kier molecular flexibility index (Phi) is 6.07. The summed E-state index contributed by atoms with van der Waals surface area (Å²) in [6.07, 6.45) is -8.58. The summed E-state index contributed by atoms with van der Waals surface area (Å²) >= 11 is 0. The van der Waals surface area contributed by atoms with Crippen LogP contribution in [0.25, 0.3) is 22.3 Å². The van der Waals surface area contributed by atoms with Crippen molar-refractivity contribution in [1.29, 1.82) is 0 Å². The van der Waals surface area contributed by atoms with Gasteiger partial charge in [0.1, 0.15) is 31.0 Å². The Morgan fingerprint density at radius 3 is 2.63 bits per heavy atom. The van der Waals surface area contributed by atoms with Gasteiger partial charge in [0.15, 0.2) is 11.9 Å². The van der Waals surface area contributed by atoms with Gasteiger partial charge >= 0.3 is 5.97 Å². The van der Waals surface area contributed by atoms with Crippen molar-refractivity contribution in [2.45, 2.75) is 55.9 Å². The van der Waals surface area contributed by atoms with Crippen LogP contribution in [-0.2, 0) is 37.8 Å². The Morgan fingerprint density at radius 1 is 1.08 bits per heavy atom. The molecule has 0 saturated carbocycles. The zero-order chi connectivity index (χ0) is 26.8. The molecule has 2 aromatic heterocycles. The standard InChI is InChI=1S/C26H26N2O10/c29-6-5-26(38-24-22(33)21(32)20(31)18(10-30)37-24)15-8-17-19-13(7-12-3-1-2-4-16(12)27-19)9-28(17)23(34)14(15)11-36-25(26)35/h1-4,7-8,18,20-22,24,29-33H,5-6,9-11H2. The minimum atomic E-state index is -2.09. The van der Waals surface area contributed by atoms with Crippen LogP contribution in [0.2, 0.25) is 0 Å². The van der Waals surface area contributed by atoms with E-state index in [1.165, 1.54) is 4.57 Å². The minimum absolute atomic E-state index is 0.124. The largest absolute Gasteiger partial charge is 0.458 e. The first-order chi connectivity index (χ1) is 18.3. The van der Waals surface area contributed by atoms with Crippen molar-refractivity contribution in [3.8, 4) is 11.4 Å². The van der Waals surface area contributed by atoms with E-state index in [0.29, 0.717) is 11.4 Å². The second-order valence-corrected chi connectivity index (χ2v) is 9.69. The zero-order valence-electron chi connectivity index (χ0n) is 20.1. The molecule has 12 nitrogen and oxygen atoms in total. The van der Waals surface area contributed by atoms with Crippen LogP contribution in [0.5, 0.6) is 0 Å². The molecule has 0 aliphatic carbocycles. The quantitative estimate of drug-likeness (QED) is 0.199. The van der Waals surface area contributed by atoms with Gasteiger partial charge in [-0.2, -0.15) is 0 Å². The number of carbonyl (C=O) groups excluding carboxylic acids is 1. The van der Waals surface area contributed by atoms with E-state index >= 15 is 0 Å². The van der Waals surface area contributed by atoms with Gasteiger partial charge in [-0.1, -0.05) is 18.2 Å². The summed E-state index contributed by atoms with van der Waals surface area (Å²) in [5, 5.41) is 51.4. The average Bonchev–Trinajstić information content (AvgIpc) is 3.28. The monoisotopic (exact) mass is 526 g/mol. The second kappa shape index (κ2) is 9.20. The number of cyclic esters (lactones) is 1. The van der Waals surface area contributed by atoms with Crippen LogP contribution in [0.4, 0.5) is 0 Å². The summed E-state index contributed by atoms with van der Waals surface area (Å²) in [5.41, 5.74) is 0.290. The molecule has 0 amide bonds. The number of aromatic nitrogens is 2. The van der Waals surface area contributed by atoms with E-state index in [0.717, 1.165) is 16.5 Å². The third-order valence-corrected chi connectivity index (χ3v) is 7.52. The maximum atomic E-state index is 13.7. The molecule has 0 radical (unpaired) electrons. The highest BCUT2D eigenvalue weighted by molar-refractivity contribution is 5.86. The smallest absolute Gasteiger partial charge is 0.343 e. The van der Waals surface area contributed by atoms with Crippen LogP contribution in [0, 0.1) is 0 Å². The van der Waals surface area contributed by atoms with Crippen LogP contribution >= 0.6 is 0 Å². The number of fused-ring (bicyclic) bond motifs is 5. The van der Waals surface area contributed by atoms with Crippen molar-refractivity contribution in [2.24, 2.45) is 0 Å². The number of ether oxygens (including phenoxy) is 3. The van der Waals surface area contributed by atoms with Gasteiger partial charge in [-0.15, -0.1) is 0 Å². The molecule has 200 valence electrons. The van der Waals surface area contributed by atoms with Crippen LogP contribution < -0.4 is 5.56 Å². The summed E-state index contributed by atoms with van der Waals surface area (Å²) < 4.78 is 18.3. The molecule has 6 atom stereocenters. The fraction of sp³-hybridized carbons (Fsp3) is 0.423. The molecular formula is C26H26N2O10. The van der Waals surface area contributed by atoms with E-state index in [4.69, 9.17) is 19.2 Å². The number of nitrogens with zero attached hydrogens (tertiary/aromatic N) is 2. The number of esters is 1. The topological polar surface area (TPSA) is 181 Å². The van der Waals surface area contributed by atoms with E-state index in [-0.39, 0.29) is 30.7 Å². The number of aliphatic hydroxyl groups excluding tert-OH is 5. The highest BCUT2D eigenvalue weighted by Crippen LogP contribution is 2.42. The normalized spacial score (nSPS) is 30.0. The molecule has 3 aliphatic heterocycles. The SMILES string of the molecule is O=C1OCc2c(cc3n(c2=O)Cc2cc4ccccc4nc2-3)C1(CCO)OC1OC(CO)C(O)C(O)C1O. The van der Waals surface area contributed by atoms with E-state index in [9.17, 15) is 35.1 Å². The molecule has 38 heavy (non-hydrogen) atoms. The molecule has 1 saturated heterocycles. The summed E-state index contributed by atoms with van der Waals surface area (Å²) in [6.45, 7) is -1.33. The number of aliphatic hydroxyl groups is 5. The average molecular weight is 526 g/mol. The van der Waals surface area contributed by atoms with Crippen LogP contribution in [-0.4, -0.2) is 85.0 Å². The molecule has 6 unspecified atom stereocenters. The van der Waals surface area contributed by atoms with Gasteiger partial charge in [-0.25, -0.2) is 9.78 Å². The van der Waals surface area contributed by atoms with Gasteiger partial charge in [0.25, 0.3) is 5.56 Å². The predicted molar refractivity (Wildman–Crippen MR) is 129 cm³/mol. The lowest BCUT2D eigenvalue weighted by molar-refractivity contribution is -0.329. The molecule has 3 aromatic rings. The van der Waals surface area contributed by atoms with Crippen LogP contribution in [0.15, 0.2) is 41.2 Å².